The summed E-state index contributed by atoms with van der Waals surface area (Å²) in [6, 6.07) is 4.90. The van der Waals surface area contributed by atoms with Crippen LogP contribution in [0.3, 0.4) is 0 Å². The Morgan fingerprint density at radius 1 is 1.10 bits per heavy atom. The smallest absolute Gasteiger partial charge is 0.304 e. The fourth-order valence-corrected chi connectivity index (χ4v) is 4.78. The van der Waals surface area contributed by atoms with Crippen LogP contribution in [0.25, 0.3) is 0 Å². The van der Waals surface area contributed by atoms with Crippen molar-refractivity contribution in [2.45, 2.75) is 56.6 Å². The van der Waals surface area contributed by atoms with Crippen LogP contribution in [0.4, 0.5) is 0 Å². The molecule has 0 fully saturated rings. The van der Waals surface area contributed by atoms with E-state index in [1.165, 1.54) is 56.1 Å². The topological polar surface area (TPSA) is 37.3 Å². The van der Waals surface area contributed by atoms with Gasteiger partial charge in [0.1, 0.15) is 0 Å². The summed E-state index contributed by atoms with van der Waals surface area (Å²) < 4.78 is 0. The molecule has 1 N–H and O–H groups in total. The molecule has 3 rings (SSSR count). The summed E-state index contributed by atoms with van der Waals surface area (Å²) in [6.07, 6.45) is 9.08. The summed E-state index contributed by atoms with van der Waals surface area (Å²) in [7, 11) is 0. The fraction of sp³-hybridized carbons (Fsp3) is 0.588. The molecule has 0 aliphatic heterocycles. The van der Waals surface area contributed by atoms with Gasteiger partial charge in [-0.25, -0.2) is 0 Å². The molecular weight excluding hydrogens is 268 g/mol. The second kappa shape index (κ2) is 6.21. The van der Waals surface area contributed by atoms with Gasteiger partial charge >= 0.3 is 5.97 Å². The Labute approximate surface area is 125 Å². The molecule has 0 bridgehead atoms. The van der Waals surface area contributed by atoms with E-state index in [1.807, 2.05) is 11.8 Å². The number of hydrogen-bond acceptors (Lipinski definition) is 2. The first kappa shape index (κ1) is 14.0. The molecule has 0 spiro atoms. The molecule has 2 aliphatic carbocycles. The van der Waals surface area contributed by atoms with E-state index in [9.17, 15) is 4.79 Å². The predicted octanol–water partition coefficient (Wildman–Crippen LogP) is 4.15. The monoisotopic (exact) mass is 290 g/mol. The van der Waals surface area contributed by atoms with Gasteiger partial charge in [-0.1, -0.05) is 12.1 Å². The van der Waals surface area contributed by atoms with Gasteiger partial charge in [-0.2, -0.15) is 11.8 Å². The molecule has 1 unspecified atom stereocenters. The summed E-state index contributed by atoms with van der Waals surface area (Å²) in [6.45, 7) is 0. The average molecular weight is 290 g/mol. The molecule has 2 nitrogen and oxygen atoms in total. The van der Waals surface area contributed by atoms with Gasteiger partial charge in [-0.15, -0.1) is 0 Å². The quantitative estimate of drug-likeness (QED) is 0.905. The first-order valence-corrected chi connectivity index (χ1v) is 8.77. The van der Waals surface area contributed by atoms with Crippen molar-refractivity contribution in [3.05, 3.63) is 34.4 Å². The minimum absolute atomic E-state index is 0.279. The zero-order chi connectivity index (χ0) is 13.9. The highest BCUT2D eigenvalue weighted by molar-refractivity contribution is 7.99. The van der Waals surface area contributed by atoms with Gasteiger partial charge < -0.3 is 5.11 Å². The number of aryl methyl sites for hydroxylation is 3. The van der Waals surface area contributed by atoms with Crippen molar-refractivity contribution in [1.82, 2.24) is 0 Å². The van der Waals surface area contributed by atoms with Crippen LogP contribution >= 0.6 is 11.8 Å². The third-order valence-corrected chi connectivity index (χ3v) is 5.83. The average Bonchev–Trinajstić information content (AvgIpc) is 2.45. The summed E-state index contributed by atoms with van der Waals surface area (Å²) in [5, 5.41) is 9.30. The summed E-state index contributed by atoms with van der Waals surface area (Å²) in [5.41, 5.74) is 6.17. The van der Waals surface area contributed by atoms with E-state index in [4.69, 9.17) is 5.11 Å². The molecular formula is C17H22O2S. The summed E-state index contributed by atoms with van der Waals surface area (Å²) in [4.78, 5) is 10.7. The van der Waals surface area contributed by atoms with Crippen molar-refractivity contribution in [2.24, 2.45) is 0 Å². The molecule has 108 valence electrons. The number of aliphatic carboxylic acids is 1. The molecule has 1 atom stereocenters. The molecule has 3 heteroatoms. The predicted molar refractivity (Wildman–Crippen MR) is 83.5 cm³/mol. The van der Waals surface area contributed by atoms with Gasteiger partial charge in [0, 0.05) is 11.0 Å². The van der Waals surface area contributed by atoms with E-state index >= 15 is 0 Å². The number of fused-ring (bicyclic) bond motifs is 2. The van der Waals surface area contributed by atoms with Crippen LogP contribution in [-0.4, -0.2) is 16.8 Å². The van der Waals surface area contributed by atoms with E-state index in [0.29, 0.717) is 5.25 Å². The van der Waals surface area contributed by atoms with Crippen LogP contribution in [-0.2, 0) is 24.1 Å². The number of benzene rings is 1. The SMILES string of the molecule is O=C(O)CCSC1CCCc2cc3c(cc21)CCCC3. The molecule has 0 saturated carbocycles. The Bertz CT molecular complexity index is 510. The van der Waals surface area contributed by atoms with Crippen molar-refractivity contribution >= 4 is 17.7 Å². The van der Waals surface area contributed by atoms with Gasteiger partial charge in [0.05, 0.1) is 6.42 Å². The minimum Gasteiger partial charge on any atom is -0.481 e. The zero-order valence-electron chi connectivity index (χ0n) is 11.9. The number of carboxylic acids is 1. The van der Waals surface area contributed by atoms with Gasteiger partial charge in [-0.05, 0) is 67.2 Å². The van der Waals surface area contributed by atoms with Gasteiger partial charge in [0.25, 0.3) is 0 Å². The fourth-order valence-electron chi connectivity index (χ4n) is 3.47. The van der Waals surface area contributed by atoms with Crippen molar-refractivity contribution in [3.63, 3.8) is 0 Å². The van der Waals surface area contributed by atoms with Crippen molar-refractivity contribution < 1.29 is 9.90 Å². The number of rotatable bonds is 4. The lowest BCUT2D eigenvalue weighted by Crippen LogP contribution is -2.12. The number of carboxylic acid groups (broad SMARTS) is 1. The third-order valence-electron chi connectivity index (χ3n) is 4.50. The Kier molecular flexibility index (Phi) is 4.35. The van der Waals surface area contributed by atoms with Crippen molar-refractivity contribution in [3.8, 4) is 0 Å². The van der Waals surface area contributed by atoms with Crippen LogP contribution in [0, 0.1) is 0 Å². The molecule has 1 aromatic carbocycles. The van der Waals surface area contributed by atoms with Crippen LogP contribution in [0.1, 0.15) is 59.6 Å². The highest BCUT2D eigenvalue weighted by Crippen LogP contribution is 2.41. The maximum Gasteiger partial charge on any atom is 0.304 e. The summed E-state index contributed by atoms with van der Waals surface area (Å²) in [5.74, 6) is 0.0512. The lowest BCUT2D eigenvalue weighted by molar-refractivity contribution is -0.136. The van der Waals surface area contributed by atoms with Crippen LogP contribution < -0.4 is 0 Å². The lowest BCUT2D eigenvalue weighted by Gasteiger charge is -2.28. The summed E-state index contributed by atoms with van der Waals surface area (Å²) >= 11 is 1.84. The largest absolute Gasteiger partial charge is 0.481 e. The molecule has 20 heavy (non-hydrogen) atoms. The molecule has 2 aliphatic rings. The molecule has 0 radical (unpaired) electrons. The zero-order valence-corrected chi connectivity index (χ0v) is 12.7. The van der Waals surface area contributed by atoms with Crippen molar-refractivity contribution in [2.75, 3.05) is 5.75 Å². The Morgan fingerprint density at radius 3 is 2.55 bits per heavy atom. The van der Waals surface area contributed by atoms with Crippen molar-refractivity contribution in [1.29, 1.82) is 0 Å². The molecule has 0 amide bonds. The molecule has 1 aromatic rings. The second-order valence-electron chi connectivity index (χ2n) is 5.92. The van der Waals surface area contributed by atoms with E-state index in [1.54, 1.807) is 11.1 Å². The van der Waals surface area contributed by atoms with Crippen LogP contribution in [0.5, 0.6) is 0 Å². The first-order valence-electron chi connectivity index (χ1n) is 7.72. The second-order valence-corrected chi connectivity index (χ2v) is 7.23. The van der Waals surface area contributed by atoms with E-state index in [2.05, 4.69) is 12.1 Å². The standard InChI is InChI=1S/C17H22O2S/c18-17(19)8-9-20-16-7-3-6-14-10-12-4-1-2-5-13(12)11-15(14)16/h10-11,16H,1-9H2,(H,18,19). The van der Waals surface area contributed by atoms with Gasteiger partial charge in [0.15, 0.2) is 0 Å². The maximum atomic E-state index is 10.7. The number of hydrogen-bond donors (Lipinski definition) is 1. The molecule has 0 aromatic heterocycles. The minimum atomic E-state index is -0.682. The molecule has 0 saturated heterocycles. The molecule has 0 heterocycles. The van der Waals surface area contributed by atoms with Crippen LogP contribution in [0.15, 0.2) is 12.1 Å². The maximum absolute atomic E-state index is 10.7. The van der Waals surface area contributed by atoms with Gasteiger partial charge in [0.2, 0.25) is 0 Å². The first-order chi connectivity index (χ1) is 9.74. The van der Waals surface area contributed by atoms with E-state index < -0.39 is 5.97 Å². The Balaban J connectivity index is 1.78. The lowest BCUT2D eigenvalue weighted by atomic mass is 9.83. The highest BCUT2D eigenvalue weighted by Gasteiger charge is 2.23. The Hall–Kier alpha value is -0.960. The van der Waals surface area contributed by atoms with E-state index in [-0.39, 0.29) is 6.42 Å². The number of carbonyl (C=O) groups is 1. The highest BCUT2D eigenvalue weighted by atomic mass is 32.2. The third kappa shape index (κ3) is 3.03. The van der Waals surface area contributed by atoms with Crippen LogP contribution in [0.2, 0.25) is 0 Å². The normalized spacial score (nSPS) is 21.1. The Morgan fingerprint density at radius 2 is 1.80 bits per heavy atom. The number of thioether (sulfide) groups is 1. The van der Waals surface area contributed by atoms with Gasteiger partial charge in [-0.3, -0.25) is 4.79 Å². The van der Waals surface area contributed by atoms with E-state index in [0.717, 1.165) is 5.75 Å².